The molecule has 1 heterocycles. The normalized spacial score (nSPS) is 22.2. The van der Waals surface area contributed by atoms with Crippen LogP contribution in [0.3, 0.4) is 0 Å². The van der Waals surface area contributed by atoms with Gasteiger partial charge >= 0.3 is 0 Å². The number of fused-ring (bicyclic) bond motifs is 1. The zero-order valence-electron chi connectivity index (χ0n) is 14.8. The number of Topliss-reactive ketones (excluding diaryl/α,β-unsaturated/α-hetero) is 1. The number of halogens is 2. The summed E-state index contributed by atoms with van der Waals surface area (Å²) in [4.78, 5) is 25.6. The number of carbonyl (C=O) groups excluding carboxylic acids is 2. The first kappa shape index (κ1) is 18.2. The Hall–Kier alpha value is -1.21. The van der Waals surface area contributed by atoms with Crippen LogP contribution in [0, 0.1) is 9.12 Å². The molecule has 1 unspecified atom stereocenters. The minimum absolute atomic E-state index is 0.162. The maximum absolute atomic E-state index is 13.4. The number of ketones is 1. The molecule has 1 fully saturated rings. The number of benzene rings is 1. The van der Waals surface area contributed by atoms with Gasteiger partial charge in [0.25, 0.3) is 5.91 Å². The second-order valence-electron chi connectivity index (χ2n) is 7.70. The molecule has 4 rings (SSSR count). The van der Waals surface area contributed by atoms with Gasteiger partial charge in [-0.1, -0.05) is 30.7 Å². The van der Waals surface area contributed by atoms with Gasteiger partial charge in [-0.05, 0) is 72.7 Å². The molecule has 0 N–H and O–H groups in total. The molecule has 0 saturated heterocycles. The molecule has 2 aliphatic rings. The zero-order valence-corrected chi connectivity index (χ0v) is 17.7. The van der Waals surface area contributed by atoms with E-state index >= 15 is 0 Å². The van der Waals surface area contributed by atoms with Gasteiger partial charge in [-0.3, -0.25) is 9.59 Å². The van der Waals surface area contributed by atoms with Crippen molar-refractivity contribution in [2.75, 3.05) is 0 Å². The van der Waals surface area contributed by atoms with Crippen LogP contribution in [0.4, 0.5) is 0 Å². The van der Waals surface area contributed by atoms with Gasteiger partial charge < -0.3 is 0 Å². The molecule has 136 valence electrons. The summed E-state index contributed by atoms with van der Waals surface area (Å²) in [5, 5.41) is 5.02. The van der Waals surface area contributed by atoms with Crippen molar-refractivity contribution in [2.24, 2.45) is 5.41 Å². The molecule has 1 atom stereocenters. The van der Waals surface area contributed by atoms with Crippen molar-refractivity contribution in [1.82, 2.24) is 9.78 Å². The molecule has 1 aromatic carbocycles. The summed E-state index contributed by atoms with van der Waals surface area (Å²) >= 11 is 8.61. The molecule has 26 heavy (non-hydrogen) atoms. The lowest BCUT2D eigenvalue weighted by Gasteiger charge is -2.31. The maximum atomic E-state index is 13.4. The third-order valence-corrected chi connectivity index (χ3v) is 7.03. The van der Waals surface area contributed by atoms with Crippen molar-refractivity contribution < 1.29 is 9.59 Å². The molecular weight excluding hydrogens is 463 g/mol. The van der Waals surface area contributed by atoms with Crippen LogP contribution in [-0.4, -0.2) is 21.5 Å². The van der Waals surface area contributed by atoms with Gasteiger partial charge in [-0.25, -0.2) is 0 Å². The summed E-state index contributed by atoms with van der Waals surface area (Å²) in [6.45, 7) is 3.62. The smallest absolute Gasteiger partial charge is 0.280 e. The van der Waals surface area contributed by atoms with Crippen LogP contribution in [0.5, 0.6) is 0 Å². The number of aromatic nitrogens is 2. The van der Waals surface area contributed by atoms with E-state index in [0.717, 1.165) is 46.2 Å². The highest BCUT2D eigenvalue weighted by atomic mass is 127. The van der Waals surface area contributed by atoms with Crippen LogP contribution in [0.15, 0.2) is 18.2 Å². The van der Waals surface area contributed by atoms with Crippen molar-refractivity contribution >= 4 is 45.9 Å². The Morgan fingerprint density at radius 2 is 2.08 bits per heavy atom. The summed E-state index contributed by atoms with van der Waals surface area (Å²) in [5.41, 5.74) is 3.11. The Balaban J connectivity index is 1.81. The van der Waals surface area contributed by atoms with Crippen LogP contribution >= 0.6 is 34.2 Å². The Labute approximate surface area is 171 Å². The Morgan fingerprint density at radius 1 is 1.35 bits per heavy atom. The Morgan fingerprint density at radius 3 is 2.73 bits per heavy atom. The average molecular weight is 483 g/mol. The van der Waals surface area contributed by atoms with E-state index in [4.69, 9.17) is 11.6 Å². The summed E-state index contributed by atoms with van der Waals surface area (Å²) < 4.78 is 2.35. The number of carbonyl (C=O) groups is 2. The molecule has 0 aliphatic heterocycles. The van der Waals surface area contributed by atoms with Crippen molar-refractivity contribution in [3.8, 4) is 0 Å². The zero-order chi connectivity index (χ0) is 18.6. The quantitative estimate of drug-likeness (QED) is 0.591. The van der Waals surface area contributed by atoms with Gasteiger partial charge in [-0.2, -0.15) is 9.78 Å². The van der Waals surface area contributed by atoms with E-state index in [1.807, 2.05) is 19.1 Å². The lowest BCUT2D eigenvalue weighted by atomic mass is 9.73. The monoisotopic (exact) mass is 482 g/mol. The minimum Gasteiger partial charge on any atom is -0.299 e. The van der Waals surface area contributed by atoms with Crippen LogP contribution in [0.1, 0.15) is 66.2 Å². The van der Waals surface area contributed by atoms with E-state index in [-0.39, 0.29) is 11.7 Å². The van der Waals surface area contributed by atoms with Crippen LogP contribution < -0.4 is 0 Å². The lowest BCUT2D eigenvalue weighted by molar-refractivity contribution is -0.126. The SMILES string of the molecule is CC(=O)C1(C)CCc2c(I)nn(C(=O)c3c(Cl)cccc3C3CC3)c2C1. The molecular formula is C20H20ClIN2O2. The molecule has 1 saturated carbocycles. The molecule has 6 heteroatoms. The molecule has 0 amide bonds. The number of rotatable bonds is 3. The van der Waals surface area contributed by atoms with Gasteiger partial charge in [0, 0.05) is 17.4 Å². The van der Waals surface area contributed by atoms with Gasteiger partial charge in [0.05, 0.1) is 16.3 Å². The summed E-state index contributed by atoms with van der Waals surface area (Å²) in [7, 11) is 0. The van der Waals surface area contributed by atoms with Crippen LogP contribution in [0.2, 0.25) is 5.02 Å². The number of nitrogens with zero attached hydrogens (tertiary/aromatic N) is 2. The van der Waals surface area contributed by atoms with E-state index in [1.54, 1.807) is 13.0 Å². The third-order valence-electron chi connectivity index (χ3n) is 5.84. The standard InChI is InChI=1S/C20H20ClIN2O2/c1-11(25)20(2)9-8-14-16(10-20)24(23-18(14)22)19(26)17-13(12-6-7-12)4-3-5-15(17)21/h3-5,12H,6-10H2,1-2H3. The molecule has 2 aliphatic carbocycles. The van der Waals surface area contributed by atoms with Crippen molar-refractivity contribution in [1.29, 1.82) is 0 Å². The van der Waals surface area contributed by atoms with Gasteiger partial charge in [0.15, 0.2) is 0 Å². The second-order valence-corrected chi connectivity index (χ2v) is 9.13. The first-order valence-electron chi connectivity index (χ1n) is 8.92. The first-order chi connectivity index (χ1) is 12.3. The average Bonchev–Trinajstić information content (AvgIpc) is 3.39. The van der Waals surface area contributed by atoms with E-state index < -0.39 is 5.41 Å². The van der Waals surface area contributed by atoms with Gasteiger partial charge in [0.2, 0.25) is 0 Å². The minimum atomic E-state index is -0.437. The second kappa shape index (κ2) is 6.44. The maximum Gasteiger partial charge on any atom is 0.280 e. The fourth-order valence-corrected chi connectivity index (χ4v) is 4.88. The predicted molar refractivity (Wildman–Crippen MR) is 109 cm³/mol. The number of hydrogen-bond donors (Lipinski definition) is 0. The van der Waals surface area contributed by atoms with Gasteiger partial charge in [-0.15, -0.1) is 0 Å². The fourth-order valence-electron chi connectivity index (χ4n) is 3.82. The highest BCUT2D eigenvalue weighted by molar-refractivity contribution is 14.1. The molecule has 0 spiro atoms. The molecule has 0 bridgehead atoms. The van der Waals surface area contributed by atoms with Crippen molar-refractivity contribution in [3.63, 3.8) is 0 Å². The van der Waals surface area contributed by atoms with E-state index in [9.17, 15) is 9.59 Å². The molecule has 4 nitrogen and oxygen atoms in total. The molecule has 0 radical (unpaired) electrons. The van der Waals surface area contributed by atoms with Crippen LogP contribution in [0.25, 0.3) is 0 Å². The van der Waals surface area contributed by atoms with Crippen molar-refractivity contribution in [2.45, 2.75) is 51.9 Å². The predicted octanol–water partition coefficient (Wildman–Crippen LogP) is 4.79. The van der Waals surface area contributed by atoms with Crippen molar-refractivity contribution in [3.05, 3.63) is 49.3 Å². The third kappa shape index (κ3) is 2.93. The lowest BCUT2D eigenvalue weighted by Crippen LogP contribution is -2.34. The van der Waals surface area contributed by atoms with Gasteiger partial charge in [0.1, 0.15) is 9.48 Å². The highest BCUT2D eigenvalue weighted by Gasteiger charge is 2.39. The van der Waals surface area contributed by atoms with E-state index in [0.29, 0.717) is 22.9 Å². The highest BCUT2D eigenvalue weighted by Crippen LogP contribution is 2.44. The molecule has 2 aromatic rings. The largest absolute Gasteiger partial charge is 0.299 e. The Bertz CT molecular complexity index is 932. The topological polar surface area (TPSA) is 52.0 Å². The summed E-state index contributed by atoms with van der Waals surface area (Å²) in [5.74, 6) is 0.403. The number of hydrogen-bond acceptors (Lipinski definition) is 3. The summed E-state index contributed by atoms with van der Waals surface area (Å²) in [6.07, 6.45) is 4.30. The Kier molecular flexibility index (Phi) is 4.50. The summed E-state index contributed by atoms with van der Waals surface area (Å²) in [6, 6.07) is 5.67. The van der Waals surface area contributed by atoms with Crippen LogP contribution in [-0.2, 0) is 17.6 Å². The fraction of sp³-hybridized carbons (Fsp3) is 0.450. The van der Waals surface area contributed by atoms with E-state index in [1.165, 1.54) is 4.68 Å². The molecule has 1 aromatic heterocycles. The van der Waals surface area contributed by atoms with E-state index in [2.05, 4.69) is 27.7 Å². The first-order valence-corrected chi connectivity index (χ1v) is 10.4.